The number of nitrogens with one attached hydrogen (secondary N) is 1. The van der Waals surface area contributed by atoms with E-state index >= 15 is 0 Å². The molecule has 0 radical (unpaired) electrons. The lowest BCUT2D eigenvalue weighted by atomic mass is 10.0. The largest absolute Gasteiger partial charge is 0.345 e. The van der Waals surface area contributed by atoms with Gasteiger partial charge in [0.1, 0.15) is 0 Å². The number of hydrogen-bond donors (Lipinski definition) is 1. The molecule has 0 atom stereocenters. The third-order valence-corrected chi connectivity index (χ3v) is 5.63. The van der Waals surface area contributed by atoms with Gasteiger partial charge in [-0.3, -0.25) is 4.79 Å². The van der Waals surface area contributed by atoms with Crippen molar-refractivity contribution >= 4 is 61.0 Å². The Balaban J connectivity index is 2.90. The molecule has 100 valence electrons. The minimum Gasteiger partial charge on any atom is -0.345 e. The minimum absolute atomic E-state index is 0.158. The summed E-state index contributed by atoms with van der Waals surface area (Å²) in [6.45, 7) is 2.03. The molecule has 0 aromatic heterocycles. The van der Waals surface area contributed by atoms with Crippen LogP contribution in [-0.2, 0) is 0 Å². The SMILES string of the molecule is CCC(CBr)(CBr)NC(=O)c1ccc(Cl)c(Cl)c1. The number of amides is 1. The van der Waals surface area contributed by atoms with Gasteiger partial charge in [0.15, 0.2) is 0 Å². The predicted octanol–water partition coefficient (Wildman–Crippen LogP) is 4.66. The number of carbonyl (C=O) groups excluding carboxylic acids is 1. The van der Waals surface area contributed by atoms with Crippen molar-refractivity contribution in [3.8, 4) is 0 Å². The van der Waals surface area contributed by atoms with Gasteiger partial charge in [0.25, 0.3) is 5.91 Å². The summed E-state index contributed by atoms with van der Waals surface area (Å²) in [5.74, 6) is -0.158. The van der Waals surface area contributed by atoms with Crippen LogP contribution in [0.15, 0.2) is 18.2 Å². The number of rotatable bonds is 5. The highest BCUT2D eigenvalue weighted by molar-refractivity contribution is 9.09. The average Bonchev–Trinajstić information content (AvgIpc) is 2.39. The lowest BCUT2D eigenvalue weighted by Crippen LogP contribution is -2.51. The Morgan fingerprint density at radius 1 is 1.28 bits per heavy atom. The van der Waals surface area contributed by atoms with E-state index in [1.807, 2.05) is 6.92 Å². The summed E-state index contributed by atoms with van der Waals surface area (Å²) in [5, 5.41) is 5.18. The second-order valence-electron chi connectivity index (χ2n) is 3.98. The minimum atomic E-state index is -0.302. The quantitative estimate of drug-likeness (QED) is 0.693. The van der Waals surface area contributed by atoms with Crippen molar-refractivity contribution in [3.63, 3.8) is 0 Å². The van der Waals surface area contributed by atoms with E-state index in [0.717, 1.165) is 6.42 Å². The molecule has 1 rings (SSSR count). The van der Waals surface area contributed by atoms with Gasteiger partial charge in [-0.05, 0) is 24.6 Å². The summed E-state index contributed by atoms with van der Waals surface area (Å²) >= 11 is 18.6. The lowest BCUT2D eigenvalue weighted by Gasteiger charge is -2.30. The Morgan fingerprint density at radius 2 is 1.89 bits per heavy atom. The van der Waals surface area contributed by atoms with Crippen LogP contribution >= 0.6 is 55.1 Å². The molecule has 0 aliphatic heterocycles. The van der Waals surface area contributed by atoms with Crippen LogP contribution in [-0.4, -0.2) is 22.1 Å². The zero-order valence-electron chi connectivity index (χ0n) is 9.77. The summed E-state index contributed by atoms with van der Waals surface area (Å²) in [5.41, 5.74) is 0.201. The zero-order chi connectivity index (χ0) is 13.8. The third-order valence-electron chi connectivity index (χ3n) is 2.75. The van der Waals surface area contributed by atoms with E-state index in [2.05, 4.69) is 37.2 Å². The molecule has 0 bridgehead atoms. The highest BCUT2D eigenvalue weighted by atomic mass is 79.9. The van der Waals surface area contributed by atoms with E-state index in [4.69, 9.17) is 23.2 Å². The first kappa shape index (κ1) is 16.3. The van der Waals surface area contributed by atoms with Crippen molar-refractivity contribution < 1.29 is 4.79 Å². The molecule has 0 saturated carbocycles. The van der Waals surface area contributed by atoms with Crippen LogP contribution in [0.2, 0.25) is 10.0 Å². The molecule has 1 N–H and O–H groups in total. The molecule has 1 aromatic carbocycles. The van der Waals surface area contributed by atoms with Crippen LogP contribution in [0.5, 0.6) is 0 Å². The van der Waals surface area contributed by atoms with E-state index in [0.29, 0.717) is 26.3 Å². The first-order chi connectivity index (χ1) is 8.48. The predicted molar refractivity (Wildman–Crippen MR) is 84.5 cm³/mol. The Morgan fingerprint density at radius 3 is 2.33 bits per heavy atom. The zero-order valence-corrected chi connectivity index (χ0v) is 14.5. The maximum absolute atomic E-state index is 12.1. The van der Waals surface area contributed by atoms with Crippen molar-refractivity contribution in [3.05, 3.63) is 33.8 Å². The summed E-state index contributed by atoms with van der Waals surface area (Å²) < 4.78 is 0. The number of carbonyl (C=O) groups is 1. The van der Waals surface area contributed by atoms with Gasteiger partial charge in [-0.2, -0.15) is 0 Å². The van der Waals surface area contributed by atoms with Crippen LogP contribution in [0.25, 0.3) is 0 Å². The van der Waals surface area contributed by atoms with E-state index in [1.165, 1.54) is 0 Å². The van der Waals surface area contributed by atoms with E-state index in [-0.39, 0.29) is 11.4 Å². The first-order valence-electron chi connectivity index (χ1n) is 5.37. The van der Waals surface area contributed by atoms with Gasteiger partial charge in [-0.1, -0.05) is 62.0 Å². The monoisotopic (exact) mass is 415 g/mol. The standard InChI is InChI=1S/C12H13Br2Cl2NO/c1-2-12(6-13,7-14)17-11(18)8-3-4-9(15)10(16)5-8/h3-5H,2,6-7H2,1H3,(H,17,18). The summed E-state index contributed by atoms with van der Waals surface area (Å²) in [6.07, 6.45) is 0.816. The highest BCUT2D eigenvalue weighted by Crippen LogP contribution is 2.23. The molecule has 0 aliphatic rings. The second-order valence-corrected chi connectivity index (χ2v) is 5.92. The van der Waals surface area contributed by atoms with Crippen molar-refractivity contribution in [1.29, 1.82) is 0 Å². The Labute approximate surface area is 134 Å². The van der Waals surface area contributed by atoms with Gasteiger partial charge in [-0.25, -0.2) is 0 Å². The summed E-state index contributed by atoms with van der Waals surface area (Å²) in [7, 11) is 0. The molecule has 0 aliphatic carbocycles. The van der Waals surface area contributed by atoms with Crippen LogP contribution in [0.4, 0.5) is 0 Å². The Bertz CT molecular complexity index is 428. The number of halogens is 4. The topological polar surface area (TPSA) is 29.1 Å². The number of benzene rings is 1. The van der Waals surface area contributed by atoms with Crippen LogP contribution in [0, 0.1) is 0 Å². The fourth-order valence-corrected chi connectivity index (χ4v) is 3.63. The van der Waals surface area contributed by atoms with E-state index < -0.39 is 0 Å². The fourth-order valence-electron chi connectivity index (χ4n) is 1.33. The van der Waals surface area contributed by atoms with Gasteiger partial charge in [-0.15, -0.1) is 0 Å². The van der Waals surface area contributed by atoms with Gasteiger partial charge in [0.2, 0.25) is 0 Å². The van der Waals surface area contributed by atoms with Crippen molar-refractivity contribution in [1.82, 2.24) is 5.32 Å². The van der Waals surface area contributed by atoms with Crippen molar-refractivity contribution in [2.24, 2.45) is 0 Å². The Kier molecular flexibility index (Phi) is 6.45. The molecule has 2 nitrogen and oxygen atoms in total. The van der Waals surface area contributed by atoms with Gasteiger partial charge in [0, 0.05) is 16.2 Å². The van der Waals surface area contributed by atoms with Crippen molar-refractivity contribution in [2.45, 2.75) is 18.9 Å². The van der Waals surface area contributed by atoms with Crippen LogP contribution in [0.1, 0.15) is 23.7 Å². The maximum atomic E-state index is 12.1. The number of hydrogen-bond acceptors (Lipinski definition) is 1. The molecule has 1 amide bonds. The Hall–Kier alpha value is 0.230. The molecule has 0 heterocycles. The maximum Gasteiger partial charge on any atom is 0.251 e. The van der Waals surface area contributed by atoms with E-state index in [1.54, 1.807) is 18.2 Å². The van der Waals surface area contributed by atoms with Gasteiger partial charge in [0.05, 0.1) is 15.6 Å². The number of alkyl halides is 2. The first-order valence-corrected chi connectivity index (χ1v) is 8.37. The van der Waals surface area contributed by atoms with Gasteiger partial charge >= 0.3 is 0 Å². The second kappa shape index (κ2) is 7.13. The normalized spacial score (nSPS) is 11.4. The molecule has 0 spiro atoms. The average molecular weight is 418 g/mol. The molecular formula is C12H13Br2Cl2NO. The van der Waals surface area contributed by atoms with Crippen LogP contribution < -0.4 is 5.32 Å². The van der Waals surface area contributed by atoms with Crippen LogP contribution in [0.3, 0.4) is 0 Å². The summed E-state index contributed by atoms with van der Waals surface area (Å²) in [6, 6.07) is 4.85. The molecule has 0 unspecified atom stereocenters. The third kappa shape index (κ3) is 3.86. The summed E-state index contributed by atoms with van der Waals surface area (Å²) in [4.78, 5) is 12.1. The molecule has 0 fully saturated rings. The fraction of sp³-hybridized carbons (Fsp3) is 0.417. The molecule has 18 heavy (non-hydrogen) atoms. The molecule has 0 saturated heterocycles. The smallest absolute Gasteiger partial charge is 0.251 e. The highest BCUT2D eigenvalue weighted by Gasteiger charge is 2.28. The van der Waals surface area contributed by atoms with E-state index in [9.17, 15) is 4.79 Å². The van der Waals surface area contributed by atoms with Gasteiger partial charge < -0.3 is 5.32 Å². The molecule has 6 heteroatoms. The molecular weight excluding hydrogens is 405 g/mol. The molecule has 1 aromatic rings. The van der Waals surface area contributed by atoms with Crippen molar-refractivity contribution in [2.75, 3.05) is 10.7 Å². The lowest BCUT2D eigenvalue weighted by molar-refractivity contribution is 0.0915.